The van der Waals surface area contributed by atoms with Crippen LogP contribution in [-0.4, -0.2) is 40.9 Å². The van der Waals surface area contributed by atoms with Crippen LogP contribution in [0.3, 0.4) is 0 Å². The zero-order chi connectivity index (χ0) is 21.6. The molecule has 0 fully saturated rings. The normalized spacial score (nSPS) is 11.0. The van der Waals surface area contributed by atoms with E-state index in [1.807, 2.05) is 53.1 Å². The van der Waals surface area contributed by atoms with Crippen LogP contribution in [0.15, 0.2) is 72.0 Å². The lowest BCUT2D eigenvalue weighted by atomic mass is 10.2. The number of para-hydroxylation sites is 2. The van der Waals surface area contributed by atoms with E-state index >= 15 is 0 Å². The number of fused-ring (bicyclic) bond motifs is 1. The smallest absolute Gasteiger partial charge is 0.260 e. The third-order valence-electron chi connectivity index (χ3n) is 4.66. The molecule has 1 N–H and O–H groups in total. The fourth-order valence-electron chi connectivity index (χ4n) is 3.22. The molecule has 4 aromatic rings. The maximum absolute atomic E-state index is 12.6. The number of carbonyl (C=O) groups excluding carboxylic acids is 1. The number of imidazole rings is 1. The second kappa shape index (κ2) is 9.08. The fraction of sp³-hybridized carbons (Fsp3) is 0.130. The van der Waals surface area contributed by atoms with Gasteiger partial charge in [0.05, 0.1) is 31.5 Å². The van der Waals surface area contributed by atoms with E-state index < -0.39 is 0 Å². The molecule has 0 saturated heterocycles. The summed E-state index contributed by atoms with van der Waals surface area (Å²) in [5.74, 6) is 1.55. The van der Waals surface area contributed by atoms with Crippen LogP contribution < -0.4 is 14.9 Å². The summed E-state index contributed by atoms with van der Waals surface area (Å²) in [5, 5.41) is 4.07. The quantitative estimate of drug-likeness (QED) is 0.370. The Morgan fingerprint density at radius 3 is 2.65 bits per heavy atom. The fourth-order valence-corrected chi connectivity index (χ4v) is 3.22. The molecular weight excluding hydrogens is 394 g/mol. The van der Waals surface area contributed by atoms with Gasteiger partial charge in [0.15, 0.2) is 17.3 Å². The lowest BCUT2D eigenvalue weighted by molar-refractivity contribution is -0.121. The van der Waals surface area contributed by atoms with Crippen molar-refractivity contribution in [1.29, 1.82) is 0 Å². The second-order valence-corrected chi connectivity index (χ2v) is 6.63. The topological polar surface area (TPSA) is 90.6 Å². The molecule has 0 spiro atoms. The lowest BCUT2D eigenvalue weighted by Crippen LogP contribution is -2.23. The standard InChI is InChI=1S/C23H21N5O3/c1-30-20-11-10-16(13-21(20)31-2)14-25-27-22(29)15-28-19-9-4-3-7-17(19)26-23(28)18-8-5-6-12-24-18/h3-14H,15H2,1-2H3,(H,27,29)/b25-14+. The highest BCUT2D eigenvalue weighted by atomic mass is 16.5. The molecule has 156 valence electrons. The number of methoxy groups -OCH3 is 2. The van der Waals surface area contributed by atoms with Crippen molar-refractivity contribution in [3.05, 3.63) is 72.4 Å². The highest BCUT2D eigenvalue weighted by molar-refractivity contribution is 5.85. The molecule has 2 heterocycles. The van der Waals surface area contributed by atoms with Gasteiger partial charge in [-0.3, -0.25) is 9.78 Å². The predicted molar refractivity (Wildman–Crippen MR) is 118 cm³/mol. The number of benzene rings is 2. The van der Waals surface area contributed by atoms with Gasteiger partial charge in [-0.15, -0.1) is 0 Å². The third kappa shape index (κ3) is 4.37. The Morgan fingerprint density at radius 1 is 1.06 bits per heavy atom. The lowest BCUT2D eigenvalue weighted by Gasteiger charge is -2.08. The number of hydrazone groups is 1. The van der Waals surface area contributed by atoms with Crippen molar-refractivity contribution < 1.29 is 14.3 Å². The van der Waals surface area contributed by atoms with E-state index in [0.717, 1.165) is 16.6 Å². The molecule has 8 heteroatoms. The number of carbonyl (C=O) groups is 1. The van der Waals surface area contributed by atoms with Crippen LogP contribution >= 0.6 is 0 Å². The first-order valence-corrected chi connectivity index (χ1v) is 9.60. The van der Waals surface area contributed by atoms with Crippen LogP contribution in [0.4, 0.5) is 0 Å². The molecule has 0 unspecified atom stereocenters. The summed E-state index contributed by atoms with van der Waals surface area (Å²) in [6, 6.07) is 18.6. The minimum absolute atomic E-state index is 0.0513. The van der Waals surface area contributed by atoms with Gasteiger partial charge in [0.1, 0.15) is 12.2 Å². The first-order chi connectivity index (χ1) is 15.2. The average Bonchev–Trinajstić information content (AvgIpc) is 3.18. The molecule has 2 aromatic heterocycles. The maximum Gasteiger partial charge on any atom is 0.260 e. The molecule has 1 amide bonds. The van der Waals surface area contributed by atoms with Crippen molar-refractivity contribution in [3.63, 3.8) is 0 Å². The highest BCUT2D eigenvalue weighted by Gasteiger charge is 2.15. The predicted octanol–water partition coefficient (Wildman–Crippen LogP) is 3.27. The average molecular weight is 415 g/mol. The van der Waals surface area contributed by atoms with Gasteiger partial charge >= 0.3 is 0 Å². The minimum atomic E-state index is -0.280. The van der Waals surface area contributed by atoms with Gasteiger partial charge in [0.2, 0.25) is 0 Å². The third-order valence-corrected chi connectivity index (χ3v) is 4.66. The van der Waals surface area contributed by atoms with Crippen LogP contribution in [0.1, 0.15) is 5.56 Å². The van der Waals surface area contributed by atoms with Crippen molar-refractivity contribution in [2.75, 3.05) is 14.2 Å². The number of nitrogens with zero attached hydrogens (tertiary/aromatic N) is 4. The van der Waals surface area contributed by atoms with Crippen molar-refractivity contribution in [1.82, 2.24) is 20.0 Å². The summed E-state index contributed by atoms with van der Waals surface area (Å²) in [5.41, 5.74) is 5.67. The number of rotatable bonds is 7. The van der Waals surface area contributed by atoms with E-state index in [-0.39, 0.29) is 12.5 Å². The summed E-state index contributed by atoms with van der Waals surface area (Å²) in [6.45, 7) is 0.0513. The Hall–Kier alpha value is -4.20. The van der Waals surface area contributed by atoms with Gasteiger partial charge in [-0.05, 0) is 48.0 Å². The zero-order valence-electron chi connectivity index (χ0n) is 17.1. The molecule has 8 nitrogen and oxygen atoms in total. The van der Waals surface area contributed by atoms with E-state index in [4.69, 9.17) is 9.47 Å². The van der Waals surface area contributed by atoms with Gasteiger partial charge in [-0.2, -0.15) is 5.10 Å². The molecule has 0 aliphatic carbocycles. The van der Waals surface area contributed by atoms with Crippen molar-refractivity contribution in [2.45, 2.75) is 6.54 Å². The van der Waals surface area contributed by atoms with Crippen molar-refractivity contribution in [2.24, 2.45) is 5.10 Å². The number of aromatic nitrogens is 3. The Labute approximate surface area is 179 Å². The van der Waals surface area contributed by atoms with Crippen LogP contribution in [-0.2, 0) is 11.3 Å². The molecule has 0 aliphatic rings. The van der Waals surface area contributed by atoms with Gasteiger partial charge in [0.25, 0.3) is 5.91 Å². The van der Waals surface area contributed by atoms with Crippen LogP contribution in [0.25, 0.3) is 22.6 Å². The monoisotopic (exact) mass is 415 g/mol. The largest absolute Gasteiger partial charge is 0.493 e. The Morgan fingerprint density at radius 2 is 1.87 bits per heavy atom. The highest BCUT2D eigenvalue weighted by Crippen LogP contribution is 2.27. The second-order valence-electron chi connectivity index (χ2n) is 6.63. The van der Waals surface area contributed by atoms with Crippen molar-refractivity contribution >= 4 is 23.2 Å². The molecule has 0 atom stereocenters. The first kappa shape index (κ1) is 20.1. The number of nitrogens with one attached hydrogen (secondary N) is 1. The first-order valence-electron chi connectivity index (χ1n) is 9.60. The van der Waals surface area contributed by atoms with E-state index in [1.54, 1.807) is 38.8 Å². The van der Waals surface area contributed by atoms with Gasteiger partial charge in [-0.1, -0.05) is 18.2 Å². The van der Waals surface area contributed by atoms with Crippen molar-refractivity contribution in [3.8, 4) is 23.0 Å². The summed E-state index contributed by atoms with van der Waals surface area (Å²) >= 11 is 0. The Bertz CT molecular complexity index is 1230. The molecule has 2 aromatic carbocycles. The molecule has 0 aliphatic heterocycles. The summed E-state index contributed by atoms with van der Waals surface area (Å²) in [7, 11) is 3.14. The molecule has 31 heavy (non-hydrogen) atoms. The Kier molecular flexibility index (Phi) is 5.89. The molecular formula is C23H21N5O3. The number of hydrogen-bond acceptors (Lipinski definition) is 6. The van der Waals surface area contributed by atoms with Gasteiger partial charge in [-0.25, -0.2) is 10.4 Å². The number of ether oxygens (including phenoxy) is 2. The van der Waals surface area contributed by atoms with Gasteiger partial charge in [0, 0.05) is 6.20 Å². The molecule has 0 bridgehead atoms. The van der Waals surface area contributed by atoms with E-state index in [1.165, 1.54) is 0 Å². The van der Waals surface area contributed by atoms with E-state index in [9.17, 15) is 4.79 Å². The summed E-state index contributed by atoms with van der Waals surface area (Å²) in [6.07, 6.45) is 3.25. The number of pyridine rings is 1. The number of amides is 1. The molecule has 0 radical (unpaired) electrons. The van der Waals surface area contributed by atoms with E-state index in [2.05, 4.69) is 20.5 Å². The van der Waals surface area contributed by atoms with Crippen LogP contribution in [0, 0.1) is 0 Å². The maximum atomic E-state index is 12.6. The number of hydrogen-bond donors (Lipinski definition) is 1. The summed E-state index contributed by atoms with van der Waals surface area (Å²) < 4.78 is 12.3. The minimum Gasteiger partial charge on any atom is -0.493 e. The van der Waals surface area contributed by atoms with Crippen LogP contribution in [0.5, 0.6) is 11.5 Å². The zero-order valence-corrected chi connectivity index (χ0v) is 17.1. The van der Waals surface area contributed by atoms with E-state index in [0.29, 0.717) is 23.0 Å². The van der Waals surface area contributed by atoms with Gasteiger partial charge < -0.3 is 14.0 Å². The molecule has 4 rings (SSSR count). The Balaban J connectivity index is 1.53. The SMILES string of the molecule is COc1ccc(/C=N/NC(=O)Cn2c(-c3ccccn3)nc3ccccc32)cc1OC. The van der Waals surface area contributed by atoms with Crippen LogP contribution in [0.2, 0.25) is 0 Å². The summed E-state index contributed by atoms with van der Waals surface area (Å²) in [4.78, 5) is 21.6. The molecule has 0 saturated carbocycles.